The average Bonchev–Trinajstić information content (AvgIpc) is 2.62. The third kappa shape index (κ3) is 5.04. The van der Waals surface area contributed by atoms with Gasteiger partial charge >= 0.3 is 0 Å². The second kappa shape index (κ2) is 8.79. The molecule has 0 saturated heterocycles. The van der Waals surface area contributed by atoms with E-state index in [1.54, 1.807) is 0 Å². The van der Waals surface area contributed by atoms with E-state index in [1.165, 1.54) is 38.6 Å². The van der Waals surface area contributed by atoms with Gasteiger partial charge in [0.25, 0.3) is 5.91 Å². The summed E-state index contributed by atoms with van der Waals surface area (Å²) >= 11 is 5.97. The van der Waals surface area contributed by atoms with Crippen molar-refractivity contribution in [1.29, 1.82) is 0 Å². The van der Waals surface area contributed by atoms with Crippen molar-refractivity contribution in [1.82, 2.24) is 9.73 Å². The van der Waals surface area contributed by atoms with E-state index in [9.17, 15) is 13.2 Å². The number of amides is 1. The van der Waals surface area contributed by atoms with Gasteiger partial charge in [-0.25, -0.2) is 13.8 Å². The fourth-order valence-electron chi connectivity index (χ4n) is 2.03. The van der Waals surface area contributed by atoms with Gasteiger partial charge in [-0.2, -0.15) is 9.41 Å². The molecule has 0 fully saturated rings. The summed E-state index contributed by atoms with van der Waals surface area (Å²) in [6, 6.07) is 13.3. The highest BCUT2D eigenvalue weighted by Gasteiger charge is 2.23. The minimum Gasteiger partial charge on any atom is -0.495 e. The first-order chi connectivity index (χ1) is 12.3. The number of sulfonamides is 1. The number of hydrogen-bond donors (Lipinski definition) is 1. The Hall–Kier alpha value is -2.42. The standard InChI is InChI=1S/C17H18ClN3O4S/c1-21(12-17(22)20-19-11-13-6-4-3-5-7-13)26(23,24)14-8-9-16(25-2)15(18)10-14/h3-11H,12H2,1-2H3,(H,20,22)/b19-11-. The number of rotatable bonds is 7. The number of carbonyl (C=O) groups is 1. The molecule has 0 heterocycles. The van der Waals surface area contributed by atoms with Gasteiger partial charge in [-0.1, -0.05) is 41.9 Å². The van der Waals surface area contributed by atoms with Crippen molar-refractivity contribution < 1.29 is 17.9 Å². The van der Waals surface area contributed by atoms with E-state index < -0.39 is 22.5 Å². The molecule has 2 aromatic rings. The lowest BCUT2D eigenvalue weighted by molar-refractivity contribution is -0.121. The molecule has 0 unspecified atom stereocenters. The molecule has 1 amide bonds. The first-order valence-electron chi connectivity index (χ1n) is 7.51. The van der Waals surface area contributed by atoms with Crippen LogP contribution in [0.2, 0.25) is 5.02 Å². The van der Waals surface area contributed by atoms with E-state index in [0.29, 0.717) is 5.75 Å². The molecule has 2 aromatic carbocycles. The zero-order valence-corrected chi connectivity index (χ0v) is 15.8. The van der Waals surface area contributed by atoms with Crippen molar-refractivity contribution in [2.24, 2.45) is 5.10 Å². The molecule has 1 N–H and O–H groups in total. The van der Waals surface area contributed by atoms with Gasteiger partial charge in [0.2, 0.25) is 10.0 Å². The van der Waals surface area contributed by atoms with E-state index >= 15 is 0 Å². The van der Waals surface area contributed by atoms with Crippen molar-refractivity contribution >= 4 is 33.7 Å². The van der Waals surface area contributed by atoms with Gasteiger partial charge in [-0.3, -0.25) is 4.79 Å². The number of methoxy groups -OCH3 is 1. The van der Waals surface area contributed by atoms with E-state index in [4.69, 9.17) is 16.3 Å². The topological polar surface area (TPSA) is 88.1 Å². The molecule has 138 valence electrons. The zero-order chi connectivity index (χ0) is 19.2. The Morgan fingerprint density at radius 2 is 1.96 bits per heavy atom. The fraction of sp³-hybridized carbons (Fsp3) is 0.176. The van der Waals surface area contributed by atoms with E-state index in [1.807, 2.05) is 30.3 Å². The minimum absolute atomic E-state index is 0.0358. The summed E-state index contributed by atoms with van der Waals surface area (Å²) in [6.45, 7) is -0.391. The number of halogens is 1. The predicted octanol–water partition coefficient (Wildman–Crippen LogP) is 2.12. The molecule has 9 heteroatoms. The van der Waals surface area contributed by atoms with Crippen molar-refractivity contribution in [2.45, 2.75) is 4.90 Å². The summed E-state index contributed by atoms with van der Waals surface area (Å²) in [5, 5.41) is 3.97. The molecule has 0 saturated carbocycles. The summed E-state index contributed by atoms with van der Waals surface area (Å²) < 4.78 is 31.0. The quantitative estimate of drug-likeness (QED) is 0.574. The lowest BCUT2D eigenvalue weighted by Gasteiger charge is -2.16. The highest BCUT2D eigenvalue weighted by Crippen LogP contribution is 2.27. The first kappa shape index (κ1) is 19.9. The van der Waals surface area contributed by atoms with E-state index in [2.05, 4.69) is 10.5 Å². The molecule has 7 nitrogen and oxygen atoms in total. The summed E-state index contributed by atoms with van der Waals surface area (Å²) in [5.41, 5.74) is 3.10. The molecule has 0 atom stereocenters. The van der Waals surface area contributed by atoms with Gasteiger partial charge in [0.15, 0.2) is 0 Å². The van der Waals surface area contributed by atoms with Crippen LogP contribution in [-0.2, 0) is 14.8 Å². The Morgan fingerprint density at radius 1 is 1.27 bits per heavy atom. The molecular formula is C17H18ClN3O4S. The molecule has 0 aliphatic heterocycles. The SMILES string of the molecule is COc1ccc(S(=O)(=O)N(C)CC(=O)N/N=C\c2ccccc2)cc1Cl. The normalized spacial score (nSPS) is 11.7. The van der Waals surface area contributed by atoms with E-state index in [0.717, 1.165) is 9.87 Å². The average molecular weight is 396 g/mol. The van der Waals surface area contributed by atoms with Gasteiger partial charge < -0.3 is 4.74 Å². The molecule has 0 bridgehead atoms. The highest BCUT2D eigenvalue weighted by atomic mass is 35.5. The van der Waals surface area contributed by atoms with Crippen LogP contribution < -0.4 is 10.2 Å². The summed E-state index contributed by atoms with van der Waals surface area (Å²) in [7, 11) is -1.15. The Bertz CT molecular complexity index is 901. The Kier molecular flexibility index (Phi) is 6.73. The van der Waals surface area contributed by atoms with Gasteiger partial charge in [0.05, 0.1) is 29.8 Å². The molecule has 0 aliphatic rings. The Balaban J connectivity index is 2.01. The van der Waals surface area contributed by atoms with E-state index in [-0.39, 0.29) is 9.92 Å². The van der Waals surface area contributed by atoms with Crippen molar-refractivity contribution in [2.75, 3.05) is 20.7 Å². The number of hydrazone groups is 1. The summed E-state index contributed by atoms with van der Waals surface area (Å²) in [5.74, 6) is -0.205. The third-order valence-electron chi connectivity index (χ3n) is 3.40. The van der Waals surface area contributed by atoms with Crippen molar-refractivity contribution in [3.05, 3.63) is 59.1 Å². The number of nitrogens with zero attached hydrogens (tertiary/aromatic N) is 2. The Labute approximate surface area is 157 Å². The molecule has 0 spiro atoms. The summed E-state index contributed by atoms with van der Waals surface area (Å²) in [6.07, 6.45) is 1.47. The zero-order valence-electron chi connectivity index (χ0n) is 14.2. The molecular weight excluding hydrogens is 378 g/mol. The van der Waals surface area contributed by atoms with Crippen LogP contribution in [0.25, 0.3) is 0 Å². The van der Waals surface area contributed by atoms with Crippen LogP contribution >= 0.6 is 11.6 Å². The first-order valence-corrected chi connectivity index (χ1v) is 9.33. The lowest BCUT2D eigenvalue weighted by Crippen LogP contribution is -2.36. The largest absolute Gasteiger partial charge is 0.495 e. The smallest absolute Gasteiger partial charge is 0.255 e. The number of hydrogen-bond acceptors (Lipinski definition) is 5. The number of benzene rings is 2. The maximum Gasteiger partial charge on any atom is 0.255 e. The van der Waals surface area contributed by atoms with Gasteiger partial charge in [0, 0.05) is 7.05 Å². The van der Waals surface area contributed by atoms with Crippen LogP contribution in [-0.4, -0.2) is 45.5 Å². The second-order valence-corrected chi connectivity index (χ2v) is 7.71. The highest BCUT2D eigenvalue weighted by molar-refractivity contribution is 7.89. The van der Waals surface area contributed by atoms with Gasteiger partial charge in [-0.15, -0.1) is 0 Å². The maximum atomic E-state index is 12.5. The lowest BCUT2D eigenvalue weighted by atomic mass is 10.2. The minimum atomic E-state index is -3.88. The monoisotopic (exact) mass is 395 g/mol. The van der Waals surface area contributed by atoms with Crippen LogP contribution in [0.3, 0.4) is 0 Å². The molecule has 0 radical (unpaired) electrons. The fourth-order valence-corrected chi connectivity index (χ4v) is 3.50. The predicted molar refractivity (Wildman–Crippen MR) is 100.0 cm³/mol. The van der Waals surface area contributed by atoms with Crippen LogP contribution in [0, 0.1) is 0 Å². The number of carbonyl (C=O) groups excluding carboxylic acids is 1. The van der Waals surface area contributed by atoms with Gasteiger partial charge in [-0.05, 0) is 23.8 Å². The second-order valence-electron chi connectivity index (χ2n) is 5.26. The van der Waals surface area contributed by atoms with Crippen LogP contribution in [0.1, 0.15) is 5.56 Å². The maximum absolute atomic E-state index is 12.5. The Morgan fingerprint density at radius 3 is 2.58 bits per heavy atom. The number of nitrogens with one attached hydrogen (secondary N) is 1. The van der Waals surface area contributed by atoms with Gasteiger partial charge in [0.1, 0.15) is 5.75 Å². The van der Waals surface area contributed by atoms with Crippen molar-refractivity contribution in [3.8, 4) is 5.75 Å². The van der Waals surface area contributed by atoms with Crippen LogP contribution in [0.4, 0.5) is 0 Å². The van der Waals surface area contributed by atoms with Crippen LogP contribution in [0.5, 0.6) is 5.75 Å². The van der Waals surface area contributed by atoms with Crippen LogP contribution in [0.15, 0.2) is 58.5 Å². The molecule has 0 aliphatic carbocycles. The molecule has 26 heavy (non-hydrogen) atoms. The van der Waals surface area contributed by atoms with Crippen molar-refractivity contribution in [3.63, 3.8) is 0 Å². The number of likely N-dealkylation sites (N-methyl/N-ethyl adjacent to an activating group) is 1. The summed E-state index contributed by atoms with van der Waals surface area (Å²) in [4.78, 5) is 11.9. The molecule has 2 rings (SSSR count). The number of ether oxygens (including phenoxy) is 1. The third-order valence-corrected chi connectivity index (χ3v) is 5.49. The molecule has 0 aromatic heterocycles.